The molecule has 0 unspecified atom stereocenters. The van der Waals surface area contributed by atoms with Gasteiger partial charge in [-0.05, 0) is 41.8 Å². The van der Waals surface area contributed by atoms with Crippen molar-refractivity contribution >= 4 is 32.7 Å². The Morgan fingerprint density at radius 1 is 0.906 bits per heavy atom. The number of rotatable bonds is 3. The Morgan fingerprint density at radius 3 is 2.56 bits per heavy atom. The fourth-order valence-electron chi connectivity index (χ4n) is 5.38. The lowest BCUT2D eigenvalue weighted by Crippen LogP contribution is -2.31. The van der Waals surface area contributed by atoms with E-state index in [9.17, 15) is 0 Å². The second kappa shape index (κ2) is 7.78. The van der Waals surface area contributed by atoms with Crippen LogP contribution in [-0.4, -0.2) is 0 Å². The van der Waals surface area contributed by atoms with Gasteiger partial charge in [-0.2, -0.15) is 0 Å². The minimum atomic E-state index is -1.34. The summed E-state index contributed by atoms with van der Waals surface area (Å²) in [5.41, 5.74) is 5.71. The minimum Gasteiger partial charge on any atom is -0.454 e. The minimum absolute atomic E-state index is 0.0799. The van der Waals surface area contributed by atoms with E-state index in [2.05, 4.69) is 66.1 Å². The van der Waals surface area contributed by atoms with Crippen LogP contribution in [0, 0.1) is 12.8 Å². The molecule has 2 heterocycles. The highest BCUT2D eigenvalue weighted by atomic mass is 16.3. The lowest BCUT2D eigenvalue weighted by molar-refractivity contribution is -0.660. The predicted octanol–water partition coefficient (Wildman–Crippen LogP) is 7.66. The molecule has 3 aromatic carbocycles. The van der Waals surface area contributed by atoms with Crippen molar-refractivity contribution < 1.29 is 11.7 Å². The van der Waals surface area contributed by atoms with Gasteiger partial charge in [-0.1, -0.05) is 74.6 Å². The van der Waals surface area contributed by atoms with E-state index in [-0.39, 0.29) is 5.92 Å². The van der Waals surface area contributed by atoms with E-state index in [1.807, 2.05) is 19.3 Å². The summed E-state index contributed by atoms with van der Waals surface area (Å²) in [5, 5.41) is 4.50. The average Bonchev–Trinajstić information content (AvgIpc) is 3.24. The Kier molecular flexibility index (Phi) is 4.24. The van der Waals surface area contributed by atoms with Crippen LogP contribution in [0.3, 0.4) is 0 Å². The van der Waals surface area contributed by atoms with E-state index in [4.69, 9.17) is 7.16 Å². The number of fused-ring (bicyclic) bond motifs is 5. The molecular formula is C30H30NO+. The molecule has 0 atom stereocenters. The lowest BCUT2D eigenvalue weighted by Gasteiger charge is -2.21. The highest BCUT2D eigenvalue weighted by Gasteiger charge is 2.23. The van der Waals surface area contributed by atoms with E-state index in [0.717, 1.165) is 75.4 Å². The zero-order valence-corrected chi connectivity index (χ0v) is 18.8. The highest BCUT2D eigenvalue weighted by Crippen LogP contribution is 2.39. The molecule has 2 aromatic heterocycles. The number of nitrogens with zero attached hydrogens (tertiary/aromatic N) is 1. The topological polar surface area (TPSA) is 17.0 Å². The zero-order chi connectivity index (χ0) is 23.4. The first-order chi connectivity index (χ1) is 16.4. The number of furan rings is 1. The van der Waals surface area contributed by atoms with Gasteiger partial charge in [0, 0.05) is 31.0 Å². The first-order valence-corrected chi connectivity index (χ1v) is 11.8. The fourth-order valence-corrected chi connectivity index (χ4v) is 5.38. The molecule has 2 nitrogen and oxygen atoms in total. The van der Waals surface area contributed by atoms with Crippen molar-refractivity contribution in [3.8, 4) is 11.3 Å². The Balaban J connectivity index is 1.58. The molecule has 0 radical (unpaired) electrons. The molecule has 6 rings (SSSR count). The van der Waals surface area contributed by atoms with Crippen LogP contribution >= 0.6 is 0 Å². The van der Waals surface area contributed by atoms with Gasteiger partial charge in [0.05, 0.1) is 5.56 Å². The maximum absolute atomic E-state index is 9.02. The molecule has 0 spiro atoms. The third kappa shape index (κ3) is 3.21. The molecule has 0 amide bonds. The maximum atomic E-state index is 9.02. The Morgan fingerprint density at radius 2 is 1.69 bits per heavy atom. The zero-order valence-electron chi connectivity index (χ0n) is 20.8. The van der Waals surface area contributed by atoms with Crippen LogP contribution in [0.1, 0.15) is 46.0 Å². The average molecular weight is 423 g/mol. The molecule has 1 saturated carbocycles. The number of aromatic nitrogens is 1. The number of hydrogen-bond acceptors (Lipinski definition) is 1. The summed E-state index contributed by atoms with van der Waals surface area (Å²) in [6.45, 7) is 2.11. The Bertz CT molecular complexity index is 1540. The molecule has 32 heavy (non-hydrogen) atoms. The monoisotopic (exact) mass is 422 g/mol. The normalized spacial score (nSPS) is 16.6. The van der Waals surface area contributed by atoms with Gasteiger partial charge in [-0.25, -0.2) is 4.57 Å². The summed E-state index contributed by atoms with van der Waals surface area (Å²) >= 11 is 0. The molecule has 5 aromatic rings. The van der Waals surface area contributed by atoms with E-state index in [0.29, 0.717) is 0 Å². The van der Waals surface area contributed by atoms with Crippen LogP contribution in [0.25, 0.3) is 44.0 Å². The fraction of sp³-hybridized carbons (Fsp3) is 0.300. The number of pyridine rings is 1. The Labute approximate surface area is 192 Å². The maximum Gasteiger partial charge on any atom is 0.216 e. The molecule has 1 fully saturated rings. The van der Waals surface area contributed by atoms with Gasteiger partial charge in [0.15, 0.2) is 6.20 Å². The van der Waals surface area contributed by atoms with Gasteiger partial charge in [-0.3, -0.25) is 0 Å². The summed E-state index contributed by atoms with van der Waals surface area (Å²) in [6, 6.07) is 21.0. The molecule has 1 aliphatic carbocycles. The van der Waals surface area contributed by atoms with E-state index < -0.39 is 6.37 Å². The summed E-state index contributed by atoms with van der Waals surface area (Å²) in [5.74, 6) is 0.0799. The van der Waals surface area contributed by atoms with Crippen LogP contribution in [0.15, 0.2) is 71.3 Å². The molecular weight excluding hydrogens is 390 g/mol. The van der Waals surface area contributed by atoms with E-state index >= 15 is 0 Å². The number of benzene rings is 3. The second-order valence-electron chi connectivity index (χ2n) is 9.29. The van der Waals surface area contributed by atoms with Gasteiger partial charge in [0.2, 0.25) is 5.69 Å². The van der Waals surface area contributed by atoms with E-state index in [1.165, 1.54) is 11.8 Å². The first kappa shape index (κ1) is 17.4. The first-order valence-electron chi connectivity index (χ1n) is 12.8. The largest absolute Gasteiger partial charge is 0.454 e. The van der Waals surface area contributed by atoms with Gasteiger partial charge in [0.1, 0.15) is 18.2 Å². The van der Waals surface area contributed by atoms with Gasteiger partial charge < -0.3 is 4.42 Å². The second-order valence-corrected chi connectivity index (χ2v) is 9.29. The van der Waals surface area contributed by atoms with Crippen LogP contribution in [0.5, 0.6) is 0 Å². The quantitative estimate of drug-likeness (QED) is 0.273. The van der Waals surface area contributed by atoms with Crippen molar-refractivity contribution in [2.75, 3.05) is 0 Å². The third-order valence-corrected chi connectivity index (χ3v) is 7.12. The molecule has 160 valence electrons. The smallest absolute Gasteiger partial charge is 0.216 e. The third-order valence-electron chi connectivity index (χ3n) is 7.12. The molecule has 1 aliphatic rings. The molecule has 0 aliphatic heterocycles. The number of aryl methyl sites for hydroxylation is 2. The van der Waals surface area contributed by atoms with Gasteiger partial charge in [-0.15, -0.1) is 0 Å². The predicted molar refractivity (Wildman–Crippen MR) is 133 cm³/mol. The lowest BCUT2D eigenvalue weighted by atomic mass is 9.85. The summed E-state index contributed by atoms with van der Waals surface area (Å²) in [7, 11) is 2.03. The van der Waals surface area contributed by atoms with Gasteiger partial charge in [0.25, 0.3) is 0 Å². The van der Waals surface area contributed by atoms with Crippen LogP contribution in [0.2, 0.25) is 0 Å². The van der Waals surface area contributed by atoms with Crippen molar-refractivity contribution in [1.29, 1.82) is 0 Å². The summed E-state index contributed by atoms with van der Waals surface area (Å²) in [4.78, 5) is 0. The molecule has 0 saturated heterocycles. The SMILES string of the molecule is [2H]C([2H])(c1cc[n+](C)c(-c2c(C)ccc3c2oc2c4ccccc4ccc32)c1)C1CCCCC1. The Hall–Kier alpha value is -3.13. The highest BCUT2D eigenvalue weighted by molar-refractivity contribution is 6.17. The van der Waals surface area contributed by atoms with Crippen molar-refractivity contribution in [1.82, 2.24) is 0 Å². The molecule has 0 N–H and O–H groups in total. The van der Waals surface area contributed by atoms with Crippen LogP contribution in [-0.2, 0) is 13.4 Å². The van der Waals surface area contributed by atoms with Crippen LogP contribution in [0.4, 0.5) is 0 Å². The van der Waals surface area contributed by atoms with Crippen molar-refractivity contribution in [2.45, 2.75) is 45.4 Å². The van der Waals surface area contributed by atoms with Crippen molar-refractivity contribution in [3.05, 3.63) is 78.0 Å². The van der Waals surface area contributed by atoms with Gasteiger partial charge >= 0.3 is 0 Å². The van der Waals surface area contributed by atoms with Crippen LogP contribution < -0.4 is 4.57 Å². The standard InChI is InChI=1S/C30H30NO/c1-20-12-14-26-25-15-13-23-10-6-7-11-24(23)29(25)32-30(26)28(20)27-19-22(16-17-31(27)2)18-21-8-4-3-5-9-21/h6-7,10-17,19,21H,3-5,8-9,18H2,1-2H3/q+1/i18D2. The molecule has 0 bridgehead atoms. The van der Waals surface area contributed by atoms with Crippen molar-refractivity contribution in [2.24, 2.45) is 13.0 Å². The summed E-state index contributed by atoms with van der Waals surface area (Å²) in [6.07, 6.45) is 6.08. The molecule has 2 heteroatoms. The number of hydrogen-bond donors (Lipinski definition) is 0. The summed E-state index contributed by atoms with van der Waals surface area (Å²) < 4.78 is 26.8. The van der Waals surface area contributed by atoms with E-state index in [1.54, 1.807) is 0 Å². The van der Waals surface area contributed by atoms with Crippen molar-refractivity contribution in [3.63, 3.8) is 0 Å².